The van der Waals surface area contributed by atoms with Gasteiger partial charge in [-0.1, -0.05) is 187 Å². The fourth-order valence-corrected chi connectivity index (χ4v) is 7.91. The van der Waals surface area contributed by atoms with Crippen molar-refractivity contribution in [3.63, 3.8) is 0 Å². The van der Waals surface area contributed by atoms with E-state index in [-0.39, 0.29) is 12.5 Å². The number of nitrogens with one attached hydrogen (secondary N) is 1. The molecule has 1 aliphatic rings. The third kappa shape index (κ3) is 27.4. The van der Waals surface area contributed by atoms with Gasteiger partial charge in [-0.05, 0) is 12.8 Å². The van der Waals surface area contributed by atoms with Crippen molar-refractivity contribution in [1.82, 2.24) is 5.32 Å². The smallest absolute Gasteiger partial charge is 0.394 e. The van der Waals surface area contributed by atoms with Gasteiger partial charge < -0.3 is 35.2 Å². The molecule has 13 heteroatoms. The Morgan fingerprint density at radius 1 is 0.655 bits per heavy atom. The van der Waals surface area contributed by atoms with Crippen molar-refractivity contribution in [2.45, 2.75) is 249 Å². The van der Waals surface area contributed by atoms with E-state index >= 15 is 0 Å². The second-order valence-corrected chi connectivity index (χ2v) is 17.0. The van der Waals surface area contributed by atoms with Gasteiger partial charge in [-0.25, -0.2) is 4.18 Å². The van der Waals surface area contributed by atoms with Crippen LogP contribution >= 0.6 is 0 Å². The molecule has 1 saturated heterocycles. The second-order valence-electron chi connectivity index (χ2n) is 16.0. The van der Waals surface area contributed by atoms with Crippen LogP contribution in [0.2, 0.25) is 0 Å². The van der Waals surface area contributed by atoms with Gasteiger partial charge in [0, 0.05) is 6.42 Å². The number of aliphatic hydroxyl groups excluding tert-OH is 4. The number of unbranched alkanes of at least 4 members (excludes halogenated alkanes) is 26. The van der Waals surface area contributed by atoms with Gasteiger partial charge in [0.15, 0.2) is 6.29 Å². The molecule has 0 saturated carbocycles. The van der Waals surface area contributed by atoms with Crippen LogP contribution in [-0.4, -0.2) is 95.4 Å². The van der Waals surface area contributed by atoms with Gasteiger partial charge in [0.1, 0.15) is 24.4 Å². The van der Waals surface area contributed by atoms with Crippen molar-refractivity contribution in [2.75, 3.05) is 13.2 Å². The minimum Gasteiger partial charge on any atom is -0.394 e. The molecule has 7 atom stereocenters. The minimum absolute atomic E-state index is 0.228. The van der Waals surface area contributed by atoms with E-state index in [1.807, 2.05) is 0 Å². The van der Waals surface area contributed by atoms with E-state index in [2.05, 4.69) is 23.3 Å². The van der Waals surface area contributed by atoms with E-state index < -0.39 is 59.9 Å². The quantitative estimate of drug-likeness (QED) is 0.0260. The molecule has 328 valence electrons. The van der Waals surface area contributed by atoms with Crippen LogP contribution in [0.4, 0.5) is 0 Å². The van der Waals surface area contributed by atoms with Crippen LogP contribution in [0.15, 0.2) is 0 Å². The summed E-state index contributed by atoms with van der Waals surface area (Å²) in [7, 11) is -5.07. The van der Waals surface area contributed by atoms with Crippen LogP contribution in [0.25, 0.3) is 0 Å². The summed E-state index contributed by atoms with van der Waals surface area (Å²) < 4.78 is 47.6. The number of amides is 1. The molecule has 1 amide bonds. The van der Waals surface area contributed by atoms with Crippen molar-refractivity contribution in [2.24, 2.45) is 0 Å². The summed E-state index contributed by atoms with van der Waals surface area (Å²) in [5, 5.41) is 44.8. The van der Waals surface area contributed by atoms with Gasteiger partial charge in [-0.2, -0.15) is 8.42 Å². The maximum Gasteiger partial charge on any atom is 0.397 e. The zero-order valence-corrected chi connectivity index (χ0v) is 35.6. The molecule has 1 rings (SSSR count). The first-order valence-corrected chi connectivity index (χ1v) is 23.8. The third-order valence-electron chi connectivity index (χ3n) is 10.9. The van der Waals surface area contributed by atoms with E-state index in [0.29, 0.717) is 12.8 Å². The molecule has 7 unspecified atom stereocenters. The Balaban J connectivity index is 2.51. The normalized spacial score (nSPS) is 21.5. The maximum absolute atomic E-state index is 13.0. The van der Waals surface area contributed by atoms with Gasteiger partial charge >= 0.3 is 10.4 Å². The fraction of sp³-hybridized carbons (Fsp3) is 0.976. The lowest BCUT2D eigenvalue weighted by Crippen LogP contribution is -2.61. The molecule has 0 aromatic carbocycles. The molecule has 0 aliphatic carbocycles. The van der Waals surface area contributed by atoms with Crippen molar-refractivity contribution in [1.29, 1.82) is 0 Å². The number of carbonyl (C=O) groups is 1. The Labute approximate surface area is 335 Å². The molecule has 0 aromatic rings. The van der Waals surface area contributed by atoms with Gasteiger partial charge in [0.25, 0.3) is 0 Å². The predicted octanol–water partition coefficient (Wildman–Crippen LogP) is 8.22. The topological polar surface area (TPSA) is 192 Å². The maximum atomic E-state index is 13.0. The van der Waals surface area contributed by atoms with Crippen LogP contribution < -0.4 is 5.32 Å². The highest BCUT2D eigenvalue weighted by molar-refractivity contribution is 7.80. The highest BCUT2D eigenvalue weighted by Gasteiger charge is 2.48. The Bertz CT molecular complexity index is 1000. The van der Waals surface area contributed by atoms with Crippen molar-refractivity contribution < 1.29 is 51.8 Å². The average molecular weight is 810 g/mol. The van der Waals surface area contributed by atoms with Crippen molar-refractivity contribution in [3.8, 4) is 0 Å². The number of ether oxygens (including phenoxy) is 2. The van der Waals surface area contributed by atoms with Gasteiger partial charge in [0.05, 0.1) is 25.4 Å². The predicted molar refractivity (Wildman–Crippen MR) is 218 cm³/mol. The lowest BCUT2D eigenvalue weighted by molar-refractivity contribution is -0.298. The summed E-state index contributed by atoms with van der Waals surface area (Å²) in [6.07, 6.45) is 25.3. The Morgan fingerprint density at radius 3 is 1.45 bits per heavy atom. The summed E-state index contributed by atoms with van der Waals surface area (Å²) in [4.78, 5) is 13.0. The molecule has 1 heterocycles. The molecule has 55 heavy (non-hydrogen) atoms. The standard InChI is InChI=1S/C42H83NO11S/c1-3-5-7-9-11-13-15-17-18-20-22-24-26-28-30-32-38(46)43-35(36(45)31-29-27-25-23-21-19-16-14-12-10-8-6-4-2)34-52-42-40(48)41(54-55(49,50)51)39(47)37(33-44)53-42/h35-37,39-42,44-45,47-48H,3-34H2,1-2H3,(H,43,46)(H,49,50,51). The van der Waals surface area contributed by atoms with E-state index in [1.165, 1.54) is 128 Å². The Kier molecular flexibility index (Phi) is 32.2. The molecular formula is C42H83NO11S. The zero-order chi connectivity index (χ0) is 40.6. The number of hydrogen-bond acceptors (Lipinski definition) is 10. The zero-order valence-electron chi connectivity index (χ0n) is 34.8. The molecule has 0 spiro atoms. The number of rotatable bonds is 38. The molecule has 1 aliphatic heterocycles. The third-order valence-corrected chi connectivity index (χ3v) is 11.4. The summed E-state index contributed by atoms with van der Waals surface area (Å²) in [6, 6.07) is -0.850. The lowest BCUT2D eigenvalue weighted by atomic mass is 9.99. The molecular weight excluding hydrogens is 727 g/mol. The van der Waals surface area contributed by atoms with Crippen LogP contribution in [0, 0.1) is 0 Å². The summed E-state index contributed by atoms with van der Waals surface area (Å²) in [5.41, 5.74) is 0. The van der Waals surface area contributed by atoms with Crippen LogP contribution in [-0.2, 0) is 28.9 Å². The molecule has 0 bridgehead atoms. The first-order chi connectivity index (χ1) is 26.5. The van der Waals surface area contributed by atoms with Gasteiger partial charge in [0.2, 0.25) is 5.91 Å². The second kappa shape index (κ2) is 34.0. The highest BCUT2D eigenvalue weighted by Crippen LogP contribution is 2.26. The average Bonchev–Trinajstić information content (AvgIpc) is 3.15. The minimum atomic E-state index is -5.07. The first-order valence-electron chi connectivity index (χ1n) is 22.4. The van der Waals surface area contributed by atoms with Crippen molar-refractivity contribution in [3.05, 3.63) is 0 Å². The molecule has 12 nitrogen and oxygen atoms in total. The molecule has 6 N–H and O–H groups in total. The lowest BCUT2D eigenvalue weighted by Gasteiger charge is -2.41. The first kappa shape index (κ1) is 52.1. The monoisotopic (exact) mass is 810 g/mol. The van der Waals surface area contributed by atoms with Crippen LogP contribution in [0.3, 0.4) is 0 Å². The number of aliphatic hydroxyl groups is 4. The van der Waals surface area contributed by atoms with Crippen LogP contribution in [0.5, 0.6) is 0 Å². The number of hydrogen-bond donors (Lipinski definition) is 6. The fourth-order valence-electron chi connectivity index (χ4n) is 7.40. The molecule has 0 aromatic heterocycles. The highest BCUT2D eigenvalue weighted by atomic mass is 32.3. The van der Waals surface area contributed by atoms with Gasteiger partial charge in [-0.3, -0.25) is 9.35 Å². The van der Waals surface area contributed by atoms with Crippen LogP contribution in [0.1, 0.15) is 206 Å². The SMILES string of the molecule is CCCCCCCCCCCCCCCCCC(=O)NC(COC1OC(CO)C(O)C(OS(=O)(=O)O)C1O)C(O)CCCCCCCCCCCCCCC. The van der Waals surface area contributed by atoms with Gasteiger partial charge in [-0.15, -0.1) is 0 Å². The Morgan fingerprint density at radius 2 is 1.05 bits per heavy atom. The van der Waals surface area contributed by atoms with E-state index in [9.17, 15) is 33.6 Å². The summed E-state index contributed by atoms with van der Waals surface area (Å²) >= 11 is 0. The Hall–Kier alpha value is -0.900. The molecule has 0 radical (unpaired) electrons. The van der Waals surface area contributed by atoms with E-state index in [4.69, 9.17) is 14.0 Å². The largest absolute Gasteiger partial charge is 0.397 e. The van der Waals surface area contributed by atoms with E-state index in [1.54, 1.807) is 0 Å². The van der Waals surface area contributed by atoms with E-state index in [0.717, 1.165) is 51.4 Å². The number of carbonyl (C=O) groups excluding carboxylic acids is 1. The van der Waals surface area contributed by atoms with Crippen molar-refractivity contribution >= 4 is 16.3 Å². The summed E-state index contributed by atoms with van der Waals surface area (Å²) in [5.74, 6) is -0.228. The molecule has 1 fully saturated rings. The summed E-state index contributed by atoms with van der Waals surface area (Å²) in [6.45, 7) is 3.44.